The minimum atomic E-state index is 0.194. The van der Waals surface area contributed by atoms with Crippen LogP contribution in [0.25, 0.3) is 0 Å². The molecule has 0 saturated carbocycles. The Morgan fingerprint density at radius 1 is 1.33 bits per heavy atom. The molecule has 0 aliphatic carbocycles. The summed E-state index contributed by atoms with van der Waals surface area (Å²) in [6.07, 6.45) is 9.87. The Bertz CT molecular complexity index is 241. The zero-order valence-electron chi connectivity index (χ0n) is 12.2. The monoisotopic (exact) mass is 254 g/mol. The van der Waals surface area contributed by atoms with Crippen LogP contribution in [0.4, 0.5) is 0 Å². The second-order valence-electron chi connectivity index (χ2n) is 5.76. The molecule has 2 unspecified atom stereocenters. The Morgan fingerprint density at radius 2 is 2.11 bits per heavy atom. The molecule has 1 rings (SSSR count). The van der Waals surface area contributed by atoms with Crippen LogP contribution in [0, 0.1) is 0 Å². The molecule has 3 nitrogen and oxygen atoms in total. The van der Waals surface area contributed by atoms with Crippen LogP contribution in [0.2, 0.25) is 0 Å². The minimum Gasteiger partial charge on any atom is -0.340 e. The van der Waals surface area contributed by atoms with Crippen LogP contribution < -0.4 is 5.73 Å². The number of likely N-dealkylation sites (tertiary alicyclic amines) is 1. The van der Waals surface area contributed by atoms with Crippen molar-refractivity contribution in [3.05, 3.63) is 0 Å². The maximum atomic E-state index is 12.3. The molecule has 0 bridgehead atoms. The molecule has 3 heteroatoms. The molecular formula is C15H30N2O. The molecule has 1 aliphatic heterocycles. The van der Waals surface area contributed by atoms with Crippen LogP contribution in [0.15, 0.2) is 0 Å². The predicted molar refractivity (Wildman–Crippen MR) is 76.4 cm³/mol. The molecule has 0 radical (unpaired) electrons. The topological polar surface area (TPSA) is 46.3 Å². The minimum absolute atomic E-state index is 0.194. The first-order valence-corrected chi connectivity index (χ1v) is 7.70. The normalized spacial score (nSPS) is 22.6. The first-order valence-electron chi connectivity index (χ1n) is 7.70. The van der Waals surface area contributed by atoms with E-state index in [9.17, 15) is 4.79 Å². The Balaban J connectivity index is 2.52. The van der Waals surface area contributed by atoms with Gasteiger partial charge in [0.2, 0.25) is 5.91 Å². The van der Waals surface area contributed by atoms with Gasteiger partial charge in [-0.1, -0.05) is 32.6 Å². The van der Waals surface area contributed by atoms with Gasteiger partial charge < -0.3 is 10.6 Å². The number of hydrogen-bond donors (Lipinski definition) is 1. The van der Waals surface area contributed by atoms with Gasteiger partial charge in [0.25, 0.3) is 0 Å². The first-order chi connectivity index (χ1) is 8.65. The van der Waals surface area contributed by atoms with Crippen LogP contribution >= 0.6 is 0 Å². The average Bonchev–Trinajstić information content (AvgIpc) is 2.54. The fraction of sp³-hybridized carbons (Fsp3) is 0.933. The third-order valence-corrected chi connectivity index (χ3v) is 3.84. The summed E-state index contributed by atoms with van der Waals surface area (Å²) >= 11 is 0. The number of unbranched alkanes of at least 4 members (excludes halogenated alkanes) is 2. The Hall–Kier alpha value is -0.570. The standard InChI is InChI=1S/C15H30N2O/c1-3-4-6-10-15(18)17-11-8-5-7-9-14(17)12-13(2)16/h13-14H,3-12,16H2,1-2H3. The summed E-state index contributed by atoms with van der Waals surface area (Å²) < 4.78 is 0. The van der Waals surface area contributed by atoms with E-state index in [1.165, 1.54) is 19.3 Å². The lowest BCUT2D eigenvalue weighted by atomic mass is 10.0. The van der Waals surface area contributed by atoms with E-state index in [1.807, 2.05) is 6.92 Å². The molecule has 1 fully saturated rings. The van der Waals surface area contributed by atoms with E-state index in [0.717, 1.165) is 45.1 Å². The van der Waals surface area contributed by atoms with Crippen molar-refractivity contribution >= 4 is 5.91 Å². The molecule has 106 valence electrons. The highest BCUT2D eigenvalue weighted by molar-refractivity contribution is 5.76. The number of nitrogens with two attached hydrogens (primary N) is 1. The van der Waals surface area contributed by atoms with Crippen molar-refractivity contribution in [2.45, 2.75) is 83.7 Å². The van der Waals surface area contributed by atoms with E-state index in [4.69, 9.17) is 5.73 Å². The number of carbonyl (C=O) groups is 1. The summed E-state index contributed by atoms with van der Waals surface area (Å²) in [7, 11) is 0. The quantitative estimate of drug-likeness (QED) is 0.740. The number of nitrogens with zero attached hydrogens (tertiary/aromatic N) is 1. The molecule has 2 atom stereocenters. The highest BCUT2D eigenvalue weighted by Gasteiger charge is 2.25. The zero-order valence-corrected chi connectivity index (χ0v) is 12.2. The molecular weight excluding hydrogens is 224 g/mol. The fourth-order valence-corrected chi connectivity index (χ4v) is 2.85. The van der Waals surface area contributed by atoms with E-state index in [1.54, 1.807) is 0 Å². The molecule has 0 aromatic carbocycles. The predicted octanol–water partition coefficient (Wildman–Crippen LogP) is 3.08. The van der Waals surface area contributed by atoms with E-state index in [2.05, 4.69) is 11.8 Å². The average molecular weight is 254 g/mol. The summed E-state index contributed by atoms with van der Waals surface area (Å²) in [5.74, 6) is 0.357. The number of carbonyl (C=O) groups excluding carboxylic acids is 1. The Labute approximate surface area is 112 Å². The third-order valence-electron chi connectivity index (χ3n) is 3.84. The zero-order chi connectivity index (χ0) is 13.4. The van der Waals surface area contributed by atoms with Crippen LogP contribution in [0.1, 0.15) is 71.6 Å². The molecule has 1 amide bonds. The van der Waals surface area contributed by atoms with Crippen molar-refractivity contribution in [2.24, 2.45) is 5.73 Å². The molecule has 0 aromatic heterocycles. The molecule has 2 N–H and O–H groups in total. The van der Waals surface area contributed by atoms with Crippen molar-refractivity contribution in [1.82, 2.24) is 4.90 Å². The van der Waals surface area contributed by atoms with Crippen molar-refractivity contribution in [2.75, 3.05) is 6.54 Å². The highest BCUT2D eigenvalue weighted by Crippen LogP contribution is 2.21. The first kappa shape index (κ1) is 15.5. The summed E-state index contributed by atoms with van der Waals surface area (Å²) in [5.41, 5.74) is 5.92. The smallest absolute Gasteiger partial charge is 0.222 e. The van der Waals surface area contributed by atoms with Crippen molar-refractivity contribution in [3.63, 3.8) is 0 Å². The van der Waals surface area contributed by atoms with Gasteiger partial charge in [-0.25, -0.2) is 0 Å². The van der Waals surface area contributed by atoms with Gasteiger partial charge in [0.15, 0.2) is 0 Å². The summed E-state index contributed by atoms with van der Waals surface area (Å²) in [4.78, 5) is 14.4. The van der Waals surface area contributed by atoms with Gasteiger partial charge in [0.1, 0.15) is 0 Å². The van der Waals surface area contributed by atoms with E-state index >= 15 is 0 Å². The van der Waals surface area contributed by atoms with Gasteiger partial charge in [-0.05, 0) is 32.6 Å². The summed E-state index contributed by atoms with van der Waals surface area (Å²) in [6, 6.07) is 0.584. The van der Waals surface area contributed by atoms with Crippen molar-refractivity contribution in [1.29, 1.82) is 0 Å². The summed E-state index contributed by atoms with van der Waals surface area (Å²) in [5, 5.41) is 0. The molecule has 0 aromatic rings. The van der Waals surface area contributed by atoms with Gasteiger partial charge in [-0.15, -0.1) is 0 Å². The third kappa shape index (κ3) is 5.38. The Morgan fingerprint density at radius 3 is 2.78 bits per heavy atom. The van der Waals surface area contributed by atoms with Gasteiger partial charge >= 0.3 is 0 Å². The highest BCUT2D eigenvalue weighted by atomic mass is 16.2. The molecule has 18 heavy (non-hydrogen) atoms. The van der Waals surface area contributed by atoms with E-state index < -0.39 is 0 Å². The Kier molecular flexibility index (Phi) is 7.33. The molecule has 1 aliphatic rings. The van der Waals surface area contributed by atoms with E-state index in [-0.39, 0.29) is 6.04 Å². The van der Waals surface area contributed by atoms with Crippen molar-refractivity contribution < 1.29 is 4.79 Å². The largest absolute Gasteiger partial charge is 0.340 e. The molecule has 0 spiro atoms. The lowest BCUT2D eigenvalue weighted by Crippen LogP contribution is -2.42. The van der Waals surface area contributed by atoms with Gasteiger partial charge in [-0.2, -0.15) is 0 Å². The number of rotatable bonds is 6. The second kappa shape index (κ2) is 8.52. The van der Waals surface area contributed by atoms with Gasteiger partial charge in [0, 0.05) is 25.0 Å². The lowest BCUT2D eigenvalue weighted by Gasteiger charge is -2.31. The van der Waals surface area contributed by atoms with Gasteiger partial charge in [0.05, 0.1) is 0 Å². The van der Waals surface area contributed by atoms with Crippen molar-refractivity contribution in [3.8, 4) is 0 Å². The SMILES string of the molecule is CCCCCC(=O)N1CCCCCC1CC(C)N. The maximum absolute atomic E-state index is 12.3. The number of amides is 1. The van der Waals surface area contributed by atoms with Gasteiger partial charge in [-0.3, -0.25) is 4.79 Å². The fourth-order valence-electron chi connectivity index (χ4n) is 2.85. The van der Waals surface area contributed by atoms with Crippen LogP contribution in [-0.2, 0) is 4.79 Å². The van der Waals surface area contributed by atoms with Crippen LogP contribution in [0.5, 0.6) is 0 Å². The van der Waals surface area contributed by atoms with Crippen LogP contribution in [0.3, 0.4) is 0 Å². The van der Waals surface area contributed by atoms with E-state index in [0.29, 0.717) is 11.9 Å². The number of hydrogen-bond acceptors (Lipinski definition) is 2. The lowest BCUT2D eigenvalue weighted by molar-refractivity contribution is -0.133. The maximum Gasteiger partial charge on any atom is 0.222 e. The second-order valence-corrected chi connectivity index (χ2v) is 5.76. The molecule has 1 saturated heterocycles. The summed E-state index contributed by atoms with van der Waals surface area (Å²) in [6.45, 7) is 5.17. The molecule has 1 heterocycles. The van der Waals surface area contributed by atoms with Crippen LogP contribution in [-0.4, -0.2) is 29.4 Å².